The number of nitrogens with zero attached hydrogens (tertiary/aromatic N) is 5. The maximum Gasteiger partial charge on any atom is 0.314 e. The van der Waals surface area contributed by atoms with E-state index in [1.807, 2.05) is 0 Å². The van der Waals surface area contributed by atoms with Crippen molar-refractivity contribution in [2.45, 2.75) is 19.9 Å². The zero-order valence-electron chi connectivity index (χ0n) is 13.4. The highest BCUT2D eigenvalue weighted by molar-refractivity contribution is 7.92. The van der Waals surface area contributed by atoms with Gasteiger partial charge in [0.25, 0.3) is 11.8 Å². The molecule has 0 spiro atoms. The Hall–Kier alpha value is -2.89. The first kappa shape index (κ1) is 17.9. The van der Waals surface area contributed by atoms with Crippen LogP contribution in [0.2, 0.25) is 0 Å². The van der Waals surface area contributed by atoms with Crippen LogP contribution in [0.25, 0.3) is 11.6 Å². The van der Waals surface area contributed by atoms with E-state index in [0.717, 1.165) is 4.31 Å². The van der Waals surface area contributed by atoms with Crippen LogP contribution in [0.3, 0.4) is 0 Å². The van der Waals surface area contributed by atoms with Crippen molar-refractivity contribution in [3.05, 3.63) is 42.2 Å². The third-order valence-corrected chi connectivity index (χ3v) is 5.08. The summed E-state index contributed by atoms with van der Waals surface area (Å²) in [6.45, 7) is 1.35. The molecule has 3 rings (SSSR count). The summed E-state index contributed by atoms with van der Waals surface area (Å²) < 4.78 is 60.8. The zero-order chi connectivity index (χ0) is 18.7. The van der Waals surface area contributed by atoms with E-state index >= 15 is 0 Å². The minimum absolute atomic E-state index is 0.0273. The molecule has 0 saturated heterocycles. The second kappa shape index (κ2) is 7.15. The Bertz CT molecular complexity index is 974. The molecule has 0 radical (unpaired) electrons. The molecule has 0 amide bonds. The lowest BCUT2D eigenvalue weighted by Crippen LogP contribution is -2.31. The standard InChI is InChI=1S/C14H13F2N5O4S/c1-2-26(22,23)21(9-4-3-5-17-7-9)8-10-6-11(20-25-10)13-18-19-14(24-13)12(15)16/h3-7,12H,2,8H2,1H3. The predicted molar refractivity (Wildman–Crippen MR) is 84.6 cm³/mol. The van der Waals surface area contributed by atoms with Crippen LogP contribution in [0.15, 0.2) is 39.5 Å². The number of pyridine rings is 1. The molecule has 138 valence electrons. The van der Waals surface area contributed by atoms with Gasteiger partial charge in [0.05, 0.1) is 24.2 Å². The van der Waals surface area contributed by atoms with Crippen LogP contribution >= 0.6 is 0 Å². The quantitative estimate of drug-likeness (QED) is 0.609. The van der Waals surface area contributed by atoms with Crippen molar-refractivity contribution in [1.29, 1.82) is 0 Å². The third kappa shape index (κ3) is 3.69. The van der Waals surface area contributed by atoms with Crippen LogP contribution in [-0.4, -0.2) is 34.5 Å². The minimum Gasteiger partial charge on any atom is -0.413 e. The molecule has 0 fully saturated rings. The molecule has 0 aliphatic heterocycles. The summed E-state index contributed by atoms with van der Waals surface area (Å²) in [5.74, 6) is -1.06. The van der Waals surface area contributed by atoms with Crippen molar-refractivity contribution in [3.63, 3.8) is 0 Å². The first-order valence-corrected chi connectivity index (χ1v) is 8.99. The first-order valence-electron chi connectivity index (χ1n) is 7.38. The highest BCUT2D eigenvalue weighted by atomic mass is 32.2. The smallest absolute Gasteiger partial charge is 0.314 e. The molecule has 0 atom stereocenters. The molecular weight excluding hydrogens is 372 g/mol. The molecule has 0 bridgehead atoms. The third-order valence-electron chi connectivity index (χ3n) is 3.34. The van der Waals surface area contributed by atoms with Crippen LogP contribution in [0.4, 0.5) is 14.5 Å². The van der Waals surface area contributed by atoms with E-state index in [1.165, 1.54) is 25.4 Å². The van der Waals surface area contributed by atoms with Crippen molar-refractivity contribution >= 4 is 15.7 Å². The summed E-state index contributed by atoms with van der Waals surface area (Å²) in [6.07, 6.45) is 0.0128. The molecule has 0 N–H and O–H groups in total. The van der Waals surface area contributed by atoms with E-state index in [9.17, 15) is 17.2 Å². The molecule has 0 unspecified atom stereocenters. The summed E-state index contributed by atoms with van der Waals surface area (Å²) in [4.78, 5) is 3.91. The topological polar surface area (TPSA) is 115 Å². The molecular formula is C14H13F2N5O4S. The van der Waals surface area contributed by atoms with E-state index in [2.05, 4.69) is 20.3 Å². The number of hydrogen-bond donors (Lipinski definition) is 0. The van der Waals surface area contributed by atoms with Gasteiger partial charge in [-0.3, -0.25) is 9.29 Å². The number of sulfonamides is 1. The summed E-state index contributed by atoms with van der Waals surface area (Å²) in [7, 11) is -3.62. The zero-order valence-corrected chi connectivity index (χ0v) is 14.2. The van der Waals surface area contributed by atoms with Crippen LogP contribution in [0, 0.1) is 0 Å². The van der Waals surface area contributed by atoms with Gasteiger partial charge in [0, 0.05) is 12.3 Å². The summed E-state index contributed by atoms with van der Waals surface area (Å²) >= 11 is 0. The number of rotatable bonds is 7. The van der Waals surface area contributed by atoms with Crippen molar-refractivity contribution in [2.75, 3.05) is 10.1 Å². The van der Waals surface area contributed by atoms with Crippen LogP contribution < -0.4 is 4.31 Å². The average Bonchev–Trinajstić information content (AvgIpc) is 3.29. The van der Waals surface area contributed by atoms with Gasteiger partial charge in [-0.25, -0.2) is 8.42 Å². The molecule has 0 aliphatic carbocycles. The van der Waals surface area contributed by atoms with Crippen LogP contribution in [0.5, 0.6) is 0 Å². The molecule has 12 heteroatoms. The lowest BCUT2D eigenvalue weighted by Gasteiger charge is -2.21. The van der Waals surface area contributed by atoms with Gasteiger partial charge >= 0.3 is 6.43 Å². The highest BCUT2D eigenvalue weighted by Gasteiger charge is 2.24. The van der Waals surface area contributed by atoms with Gasteiger partial charge in [0.1, 0.15) is 0 Å². The summed E-state index contributed by atoms with van der Waals surface area (Å²) in [5.41, 5.74) is 0.379. The average molecular weight is 385 g/mol. The largest absolute Gasteiger partial charge is 0.413 e. The molecule has 3 heterocycles. The Labute approximate surface area is 146 Å². The van der Waals surface area contributed by atoms with Crippen molar-refractivity contribution in [1.82, 2.24) is 20.3 Å². The SMILES string of the molecule is CCS(=O)(=O)N(Cc1cc(-c2nnc(C(F)F)o2)no1)c1cccnc1. The lowest BCUT2D eigenvalue weighted by atomic mass is 10.3. The maximum absolute atomic E-state index is 12.5. The molecule has 9 nitrogen and oxygen atoms in total. The van der Waals surface area contributed by atoms with Gasteiger partial charge < -0.3 is 8.94 Å². The minimum atomic E-state index is -3.62. The first-order chi connectivity index (χ1) is 12.4. The van der Waals surface area contributed by atoms with Gasteiger partial charge in [0.2, 0.25) is 10.0 Å². The van der Waals surface area contributed by atoms with Crippen molar-refractivity contribution < 1.29 is 26.1 Å². The van der Waals surface area contributed by atoms with Crippen molar-refractivity contribution in [3.8, 4) is 11.6 Å². The maximum atomic E-state index is 12.5. The Kier molecular flexibility index (Phi) is 4.93. The summed E-state index contributed by atoms with van der Waals surface area (Å²) in [6, 6.07) is 4.53. The molecule has 0 aliphatic rings. The molecule has 0 saturated carbocycles. The van der Waals surface area contributed by atoms with Crippen LogP contribution in [0.1, 0.15) is 25.0 Å². The Morgan fingerprint density at radius 1 is 1.31 bits per heavy atom. The van der Waals surface area contributed by atoms with E-state index in [4.69, 9.17) is 8.94 Å². The second-order valence-corrected chi connectivity index (χ2v) is 7.22. The molecule has 3 aromatic rings. The number of alkyl halides is 2. The fourth-order valence-corrected chi connectivity index (χ4v) is 3.13. The van der Waals surface area contributed by atoms with Crippen LogP contribution in [-0.2, 0) is 16.6 Å². The van der Waals surface area contributed by atoms with E-state index < -0.39 is 22.3 Å². The number of hydrogen-bond acceptors (Lipinski definition) is 8. The molecule has 3 aromatic heterocycles. The number of anilines is 1. The Morgan fingerprint density at radius 3 is 2.73 bits per heavy atom. The van der Waals surface area contributed by atoms with Gasteiger partial charge in [-0.1, -0.05) is 5.16 Å². The van der Waals surface area contributed by atoms with Gasteiger partial charge in [-0.15, -0.1) is 10.2 Å². The number of halogens is 2. The van der Waals surface area contributed by atoms with E-state index in [-0.39, 0.29) is 29.6 Å². The Morgan fingerprint density at radius 2 is 2.12 bits per heavy atom. The van der Waals surface area contributed by atoms with Gasteiger partial charge in [-0.2, -0.15) is 8.78 Å². The second-order valence-electron chi connectivity index (χ2n) is 5.04. The van der Waals surface area contributed by atoms with Crippen molar-refractivity contribution in [2.24, 2.45) is 0 Å². The van der Waals surface area contributed by atoms with E-state index in [0.29, 0.717) is 5.69 Å². The number of aromatic nitrogens is 4. The monoisotopic (exact) mass is 385 g/mol. The molecule has 0 aromatic carbocycles. The Balaban J connectivity index is 1.87. The fraction of sp³-hybridized carbons (Fsp3) is 0.286. The highest BCUT2D eigenvalue weighted by Crippen LogP contribution is 2.25. The van der Waals surface area contributed by atoms with Gasteiger partial charge in [0.15, 0.2) is 11.5 Å². The van der Waals surface area contributed by atoms with Gasteiger partial charge in [-0.05, 0) is 19.1 Å². The fourth-order valence-electron chi connectivity index (χ4n) is 2.06. The molecule has 26 heavy (non-hydrogen) atoms. The normalized spacial score (nSPS) is 11.8. The van der Waals surface area contributed by atoms with E-state index in [1.54, 1.807) is 12.1 Å². The predicted octanol–water partition coefficient (Wildman–Crippen LogP) is 2.41. The summed E-state index contributed by atoms with van der Waals surface area (Å²) in [5, 5.41) is 10.3. The lowest BCUT2D eigenvalue weighted by molar-refractivity contribution is 0.116.